The summed E-state index contributed by atoms with van der Waals surface area (Å²) >= 11 is 0. The van der Waals surface area contributed by atoms with Crippen molar-refractivity contribution in [2.75, 3.05) is 0 Å². The van der Waals surface area contributed by atoms with E-state index >= 15 is 0 Å². The number of rotatable bonds is 2. The Morgan fingerprint density at radius 2 is 2.06 bits per heavy atom. The fraction of sp³-hybridized carbons (Fsp3) is 0.0769. The van der Waals surface area contributed by atoms with Gasteiger partial charge in [0.25, 0.3) is 0 Å². The first kappa shape index (κ1) is 10.2. The van der Waals surface area contributed by atoms with Gasteiger partial charge in [-0.15, -0.1) is 6.42 Å². The summed E-state index contributed by atoms with van der Waals surface area (Å²) in [6.07, 6.45) is 8.30. The van der Waals surface area contributed by atoms with Crippen LogP contribution in [0.4, 0.5) is 0 Å². The second-order valence-corrected chi connectivity index (χ2v) is 3.38. The van der Waals surface area contributed by atoms with Crippen LogP contribution in [0.15, 0.2) is 47.5 Å². The van der Waals surface area contributed by atoms with E-state index in [1.54, 1.807) is 6.20 Å². The first-order valence-corrected chi connectivity index (χ1v) is 4.86. The van der Waals surface area contributed by atoms with Crippen LogP contribution in [-0.2, 0) is 6.54 Å². The standard InChI is InChI=1S/C13H10N2O/c1-2-11-8-14-13(16)15(9-11)10-12-6-4-3-5-7-12/h1,3-9H,10H2. The lowest BCUT2D eigenvalue weighted by molar-refractivity contribution is 0.725. The topological polar surface area (TPSA) is 34.9 Å². The third kappa shape index (κ3) is 2.18. The molecule has 78 valence electrons. The van der Waals surface area contributed by atoms with Crippen molar-refractivity contribution in [1.82, 2.24) is 9.55 Å². The maximum absolute atomic E-state index is 11.5. The molecule has 0 aliphatic rings. The normalized spacial score (nSPS) is 9.69. The molecule has 0 amide bonds. The van der Waals surface area contributed by atoms with E-state index in [0.29, 0.717) is 12.1 Å². The highest BCUT2D eigenvalue weighted by molar-refractivity contribution is 5.26. The van der Waals surface area contributed by atoms with Crippen molar-refractivity contribution in [2.45, 2.75) is 6.54 Å². The van der Waals surface area contributed by atoms with Crippen LogP contribution in [0, 0.1) is 12.3 Å². The van der Waals surface area contributed by atoms with Crippen molar-refractivity contribution >= 4 is 0 Å². The minimum absolute atomic E-state index is 0.289. The molecule has 2 rings (SSSR count). The second kappa shape index (κ2) is 4.45. The Morgan fingerprint density at radius 3 is 2.75 bits per heavy atom. The van der Waals surface area contributed by atoms with Gasteiger partial charge in [-0.25, -0.2) is 9.78 Å². The maximum atomic E-state index is 11.5. The molecule has 0 radical (unpaired) electrons. The summed E-state index contributed by atoms with van der Waals surface area (Å²) in [5.74, 6) is 2.46. The van der Waals surface area contributed by atoms with Gasteiger partial charge in [-0.1, -0.05) is 36.3 Å². The molecule has 0 unspecified atom stereocenters. The van der Waals surface area contributed by atoms with E-state index in [1.165, 1.54) is 10.8 Å². The summed E-state index contributed by atoms with van der Waals surface area (Å²) in [5, 5.41) is 0. The number of benzene rings is 1. The largest absolute Gasteiger partial charge is 0.347 e. The van der Waals surface area contributed by atoms with Crippen molar-refractivity contribution in [3.8, 4) is 12.3 Å². The lowest BCUT2D eigenvalue weighted by Gasteiger charge is -2.04. The molecule has 0 aliphatic heterocycles. The van der Waals surface area contributed by atoms with Crippen molar-refractivity contribution in [3.63, 3.8) is 0 Å². The van der Waals surface area contributed by atoms with Gasteiger partial charge in [-0.3, -0.25) is 4.57 Å². The zero-order valence-electron chi connectivity index (χ0n) is 8.63. The fourth-order valence-electron chi connectivity index (χ4n) is 1.42. The number of nitrogens with zero attached hydrogens (tertiary/aromatic N) is 2. The molecule has 0 aliphatic carbocycles. The summed E-state index contributed by atoms with van der Waals surface area (Å²) in [4.78, 5) is 15.2. The fourth-order valence-corrected chi connectivity index (χ4v) is 1.42. The van der Waals surface area contributed by atoms with Gasteiger partial charge in [0.1, 0.15) is 0 Å². The van der Waals surface area contributed by atoms with Crippen LogP contribution in [-0.4, -0.2) is 9.55 Å². The SMILES string of the molecule is C#Cc1cnc(=O)n(Cc2ccccc2)c1. The number of aromatic nitrogens is 2. The highest BCUT2D eigenvalue weighted by Gasteiger charge is 1.99. The molecule has 0 bridgehead atoms. The summed E-state index contributed by atoms with van der Waals surface area (Å²) in [5.41, 5.74) is 1.36. The lowest BCUT2D eigenvalue weighted by Crippen LogP contribution is -2.22. The molecule has 16 heavy (non-hydrogen) atoms. The Labute approximate surface area is 93.4 Å². The summed E-state index contributed by atoms with van der Waals surface area (Å²) in [7, 11) is 0. The third-order valence-electron chi connectivity index (χ3n) is 2.22. The quantitative estimate of drug-likeness (QED) is 0.700. The van der Waals surface area contributed by atoms with Crippen molar-refractivity contribution in [2.24, 2.45) is 0 Å². The van der Waals surface area contributed by atoms with Gasteiger partial charge < -0.3 is 0 Å². The molecule has 0 saturated carbocycles. The van der Waals surface area contributed by atoms with Gasteiger partial charge in [0.15, 0.2) is 0 Å². The number of hydrogen-bond donors (Lipinski definition) is 0. The Hall–Kier alpha value is -2.34. The van der Waals surface area contributed by atoms with Crippen LogP contribution in [0.1, 0.15) is 11.1 Å². The van der Waals surface area contributed by atoms with Crippen molar-refractivity contribution < 1.29 is 0 Å². The highest BCUT2D eigenvalue weighted by Crippen LogP contribution is 2.00. The summed E-state index contributed by atoms with van der Waals surface area (Å²) in [6.45, 7) is 0.488. The van der Waals surface area contributed by atoms with Crippen LogP contribution in [0.5, 0.6) is 0 Å². The van der Waals surface area contributed by atoms with Gasteiger partial charge in [0, 0.05) is 12.4 Å². The average molecular weight is 210 g/mol. The van der Waals surface area contributed by atoms with E-state index in [4.69, 9.17) is 6.42 Å². The molecule has 1 heterocycles. The molecule has 0 saturated heterocycles. The molecule has 3 heteroatoms. The Kier molecular flexibility index (Phi) is 2.84. The predicted molar refractivity (Wildman–Crippen MR) is 62.0 cm³/mol. The Morgan fingerprint density at radius 1 is 1.31 bits per heavy atom. The summed E-state index contributed by atoms with van der Waals surface area (Å²) < 4.78 is 1.50. The third-order valence-corrected chi connectivity index (χ3v) is 2.22. The minimum Gasteiger partial charge on any atom is -0.294 e. The van der Waals surface area contributed by atoms with Crippen LogP contribution in [0.25, 0.3) is 0 Å². The lowest BCUT2D eigenvalue weighted by atomic mass is 10.2. The first-order chi connectivity index (χ1) is 7.79. The van der Waals surface area contributed by atoms with Gasteiger partial charge in [0.05, 0.1) is 12.1 Å². The van der Waals surface area contributed by atoms with Gasteiger partial charge in [-0.2, -0.15) is 0 Å². The van der Waals surface area contributed by atoms with Crippen LogP contribution in [0.3, 0.4) is 0 Å². The van der Waals surface area contributed by atoms with E-state index < -0.39 is 0 Å². The molecular formula is C13H10N2O. The molecule has 2 aromatic rings. The molecule has 0 spiro atoms. The van der Waals surface area contributed by atoms with E-state index in [2.05, 4.69) is 10.9 Å². The van der Waals surface area contributed by atoms with Gasteiger partial charge in [0.2, 0.25) is 0 Å². The van der Waals surface area contributed by atoms with E-state index in [0.717, 1.165) is 5.56 Å². The van der Waals surface area contributed by atoms with Crippen LogP contribution >= 0.6 is 0 Å². The first-order valence-electron chi connectivity index (χ1n) is 4.86. The Bertz CT molecular complexity index is 579. The number of hydrogen-bond acceptors (Lipinski definition) is 2. The molecule has 0 fully saturated rings. The van der Waals surface area contributed by atoms with Crippen molar-refractivity contribution in [3.05, 3.63) is 64.3 Å². The Balaban J connectivity index is 2.35. The van der Waals surface area contributed by atoms with Crippen LogP contribution < -0.4 is 5.69 Å². The average Bonchev–Trinajstić information content (AvgIpc) is 2.33. The monoisotopic (exact) mass is 210 g/mol. The van der Waals surface area contributed by atoms with Crippen LogP contribution in [0.2, 0.25) is 0 Å². The van der Waals surface area contributed by atoms with Crippen molar-refractivity contribution in [1.29, 1.82) is 0 Å². The molecule has 1 aromatic heterocycles. The summed E-state index contributed by atoms with van der Waals surface area (Å²) in [6, 6.07) is 9.70. The minimum atomic E-state index is -0.289. The zero-order valence-corrected chi connectivity index (χ0v) is 8.63. The second-order valence-electron chi connectivity index (χ2n) is 3.38. The number of terminal acetylenes is 1. The van der Waals surface area contributed by atoms with E-state index in [9.17, 15) is 4.79 Å². The molecule has 0 N–H and O–H groups in total. The van der Waals surface area contributed by atoms with Gasteiger partial charge in [-0.05, 0) is 5.56 Å². The van der Waals surface area contributed by atoms with Gasteiger partial charge >= 0.3 is 5.69 Å². The zero-order chi connectivity index (χ0) is 11.4. The smallest absolute Gasteiger partial charge is 0.294 e. The molecule has 1 aromatic carbocycles. The molecule has 3 nitrogen and oxygen atoms in total. The predicted octanol–water partition coefficient (Wildman–Crippen LogP) is 1.27. The van der Waals surface area contributed by atoms with E-state index in [-0.39, 0.29) is 5.69 Å². The maximum Gasteiger partial charge on any atom is 0.347 e. The molecule has 0 atom stereocenters. The van der Waals surface area contributed by atoms with E-state index in [1.807, 2.05) is 30.3 Å². The highest BCUT2D eigenvalue weighted by atomic mass is 16.1. The molecular weight excluding hydrogens is 200 g/mol.